The van der Waals surface area contributed by atoms with Crippen LogP contribution in [0.5, 0.6) is 0 Å². The highest BCUT2D eigenvalue weighted by atomic mass is 32.1. The summed E-state index contributed by atoms with van der Waals surface area (Å²) in [5.74, 6) is -1.65. The van der Waals surface area contributed by atoms with Crippen LogP contribution in [0.3, 0.4) is 0 Å². The smallest absolute Gasteiger partial charge is 0.324 e. The van der Waals surface area contributed by atoms with Gasteiger partial charge >= 0.3 is 12.0 Å². The van der Waals surface area contributed by atoms with Crippen molar-refractivity contribution in [2.45, 2.75) is 117 Å². The second-order valence-electron chi connectivity index (χ2n) is 19.7. The summed E-state index contributed by atoms with van der Waals surface area (Å²) in [5.41, 5.74) is 9.28. The number of rotatable bonds is 10. The zero-order chi connectivity index (χ0) is 47.9. The number of ether oxygens (including phenoxy) is 2. The van der Waals surface area contributed by atoms with Gasteiger partial charge in [0.25, 0.3) is 5.91 Å². The van der Waals surface area contributed by atoms with Crippen molar-refractivity contribution >= 4 is 52.0 Å². The molecule has 0 aliphatic carbocycles. The molecular formula is C49H66N10O7S. The lowest BCUT2D eigenvalue weighted by atomic mass is 9.84. The quantitative estimate of drug-likeness (QED) is 0.146. The highest BCUT2D eigenvalue weighted by molar-refractivity contribution is 7.10. The molecule has 6 bridgehead atoms. The summed E-state index contributed by atoms with van der Waals surface area (Å²) in [5, 5.41) is 11.2. The molecule has 18 heteroatoms. The highest BCUT2D eigenvalue weighted by Gasteiger charge is 2.42. The third kappa shape index (κ3) is 9.94. The van der Waals surface area contributed by atoms with Crippen molar-refractivity contribution in [2.24, 2.45) is 11.3 Å². The van der Waals surface area contributed by atoms with E-state index in [1.54, 1.807) is 37.2 Å². The number of carbonyl (C=O) groups is 5. The predicted molar refractivity (Wildman–Crippen MR) is 256 cm³/mol. The van der Waals surface area contributed by atoms with E-state index in [1.807, 2.05) is 32.2 Å². The molecule has 4 aromatic rings. The molecular weight excluding hydrogens is 873 g/mol. The summed E-state index contributed by atoms with van der Waals surface area (Å²) in [7, 11) is 5.07. The monoisotopic (exact) mass is 938 g/mol. The molecule has 1 aromatic carbocycles. The second kappa shape index (κ2) is 19.7. The Morgan fingerprint density at radius 1 is 1.10 bits per heavy atom. The van der Waals surface area contributed by atoms with Gasteiger partial charge in [-0.25, -0.2) is 15.2 Å². The van der Waals surface area contributed by atoms with Gasteiger partial charge < -0.3 is 39.4 Å². The minimum Gasteiger partial charge on any atom is -0.464 e. The first-order valence-electron chi connectivity index (χ1n) is 23.6. The molecule has 3 aromatic heterocycles. The number of nitrogens with one attached hydrogen (secondary N) is 3. The average molecular weight is 939 g/mol. The number of thiazole rings is 1. The molecule has 0 spiro atoms. The number of likely N-dealkylation sites (N-methyl/N-ethyl adjacent to an activating group) is 2. The van der Waals surface area contributed by atoms with Crippen LogP contribution in [0, 0.1) is 11.3 Å². The van der Waals surface area contributed by atoms with Crippen molar-refractivity contribution in [3.8, 4) is 22.5 Å². The molecule has 6 atom stereocenters. The summed E-state index contributed by atoms with van der Waals surface area (Å²) in [6.07, 6.45) is 3.83. The molecule has 3 N–H and O–H groups in total. The zero-order valence-electron chi connectivity index (χ0n) is 40.3. The first kappa shape index (κ1) is 48.0. The average Bonchev–Trinajstić information content (AvgIpc) is 3.72. The minimum atomic E-state index is -1.08. The van der Waals surface area contributed by atoms with E-state index in [2.05, 4.69) is 65.7 Å². The number of aryl methyl sites for hydroxylation is 1. The highest BCUT2D eigenvalue weighted by Crippen LogP contribution is 2.42. The lowest BCUT2D eigenvalue weighted by molar-refractivity contribution is -0.155. The Hall–Kier alpha value is -5.43. The summed E-state index contributed by atoms with van der Waals surface area (Å²) in [4.78, 5) is 84.7. The molecule has 8 rings (SSSR count). The lowest BCUT2D eigenvalue weighted by Crippen LogP contribution is -2.62. The maximum absolute atomic E-state index is 14.7. The third-order valence-corrected chi connectivity index (χ3v) is 14.7. The van der Waals surface area contributed by atoms with Crippen LogP contribution in [-0.2, 0) is 48.0 Å². The number of nitrogens with zero attached hydrogens (tertiary/aromatic N) is 7. The number of hydrogen-bond donors (Lipinski definition) is 3. The van der Waals surface area contributed by atoms with Gasteiger partial charge in [0.05, 0.1) is 46.9 Å². The molecule has 3 saturated heterocycles. The van der Waals surface area contributed by atoms with Gasteiger partial charge in [-0.15, -0.1) is 11.3 Å². The van der Waals surface area contributed by atoms with Gasteiger partial charge in [0.15, 0.2) is 0 Å². The van der Waals surface area contributed by atoms with Crippen molar-refractivity contribution in [3.63, 3.8) is 0 Å². The van der Waals surface area contributed by atoms with Crippen LogP contribution >= 0.6 is 11.3 Å². The van der Waals surface area contributed by atoms with Gasteiger partial charge in [-0.1, -0.05) is 33.8 Å². The number of urea groups is 1. The molecule has 4 aliphatic rings. The maximum Gasteiger partial charge on any atom is 0.324 e. The van der Waals surface area contributed by atoms with Crippen LogP contribution in [0.15, 0.2) is 41.9 Å². The first-order chi connectivity index (χ1) is 32.0. The van der Waals surface area contributed by atoms with Gasteiger partial charge in [0.2, 0.25) is 11.8 Å². The third-order valence-electron chi connectivity index (χ3n) is 13.8. The van der Waals surface area contributed by atoms with Crippen LogP contribution in [-0.4, -0.2) is 148 Å². The topological polar surface area (TPSA) is 193 Å². The predicted octanol–water partition coefficient (Wildman–Crippen LogP) is 4.78. The number of fused-ring (bicyclic) bond motifs is 6. The van der Waals surface area contributed by atoms with E-state index in [9.17, 15) is 24.0 Å². The van der Waals surface area contributed by atoms with Crippen molar-refractivity contribution in [2.75, 3.05) is 54.0 Å². The number of benzene rings is 1. The summed E-state index contributed by atoms with van der Waals surface area (Å²) >= 11 is 1.41. The summed E-state index contributed by atoms with van der Waals surface area (Å²) in [6, 6.07) is 7.02. The number of carbonyl (C=O) groups excluding carboxylic acids is 5. The number of amides is 5. The number of cyclic esters (lactones) is 1. The van der Waals surface area contributed by atoms with Crippen molar-refractivity contribution in [3.05, 3.63) is 58.2 Å². The van der Waals surface area contributed by atoms with Gasteiger partial charge in [-0.2, -0.15) is 0 Å². The molecule has 360 valence electrons. The molecule has 0 unspecified atom stereocenters. The molecule has 4 aliphatic heterocycles. The Bertz CT molecular complexity index is 2520. The zero-order valence-corrected chi connectivity index (χ0v) is 41.1. The van der Waals surface area contributed by atoms with Crippen molar-refractivity contribution in [1.82, 2.24) is 50.3 Å². The number of esters is 1. The van der Waals surface area contributed by atoms with E-state index < -0.39 is 41.3 Å². The van der Waals surface area contributed by atoms with Crippen LogP contribution in [0.1, 0.15) is 83.2 Å². The fraction of sp³-hybridized carbons (Fsp3) is 0.571. The standard InChI is InChI=1S/C49H66N10O7S/c1-10-58-39-16-15-30-21-33(39)34(43(58)32-13-11-18-50-41(32)29(4)65-9)23-49(5,6)27-66-47(63)35-14-12-19-59(54-35)46(62)36(22-40-52-38(30)26-67-40)53-44(60)42(28(2)3)56(8)48(64)57-20-17-31(25-57)55(7)45(61)37-24-51-37/h11,13,15-16,18,21,26,28-29,31,35-37,42,51,54H,10,12,14,17,19-20,22-25,27H2,1-9H3,(H,53,60)/t29-,31+,35-,36-,37-,42-/m0/s1. The van der Waals surface area contributed by atoms with E-state index in [0.717, 1.165) is 44.7 Å². The van der Waals surface area contributed by atoms with Gasteiger partial charge in [-0.3, -0.25) is 29.2 Å². The molecule has 7 heterocycles. The SMILES string of the molecule is CCn1c(-c2cccnc2[C@H](C)OC)c2c3cc(ccc31)-c1csc(n1)C[C@H](NC(=O)[C@H](C(C)C)N(C)C(=O)N1CC[C@@H](N(C)C(=O)[C@@H]3CN3)C1)C(=O)N1CCC[C@H](N1)C(=O)OCC(C)(C)C2. The summed E-state index contributed by atoms with van der Waals surface area (Å²) < 4.78 is 14.2. The second-order valence-corrected chi connectivity index (χ2v) is 20.6. The van der Waals surface area contributed by atoms with Crippen LogP contribution in [0.2, 0.25) is 0 Å². The van der Waals surface area contributed by atoms with Gasteiger partial charge in [0, 0.05) is 99.4 Å². The Labute approximate surface area is 396 Å². The lowest BCUT2D eigenvalue weighted by Gasteiger charge is -2.37. The van der Waals surface area contributed by atoms with Crippen LogP contribution in [0.25, 0.3) is 33.4 Å². The van der Waals surface area contributed by atoms with E-state index in [4.69, 9.17) is 19.4 Å². The fourth-order valence-electron chi connectivity index (χ4n) is 9.98. The van der Waals surface area contributed by atoms with Gasteiger partial charge in [0.1, 0.15) is 18.1 Å². The molecule has 17 nitrogen and oxygen atoms in total. The number of methoxy groups -OCH3 is 1. The molecule has 3 fully saturated rings. The largest absolute Gasteiger partial charge is 0.464 e. The van der Waals surface area contributed by atoms with Gasteiger partial charge in [-0.05, 0) is 75.3 Å². The number of likely N-dealkylation sites (tertiary alicyclic amines) is 1. The van der Waals surface area contributed by atoms with Crippen LogP contribution < -0.4 is 16.1 Å². The summed E-state index contributed by atoms with van der Waals surface area (Å²) in [6.45, 7) is 14.7. The number of hydrazine groups is 1. The van der Waals surface area contributed by atoms with Crippen molar-refractivity contribution in [1.29, 1.82) is 0 Å². The maximum atomic E-state index is 14.7. The van der Waals surface area contributed by atoms with E-state index in [0.29, 0.717) is 63.4 Å². The number of hydrogen-bond acceptors (Lipinski definition) is 12. The molecule has 0 saturated carbocycles. The molecule has 67 heavy (non-hydrogen) atoms. The number of pyridine rings is 1. The Morgan fingerprint density at radius 2 is 1.88 bits per heavy atom. The normalized spacial score (nSPS) is 22.8. The molecule has 5 amide bonds. The Morgan fingerprint density at radius 3 is 2.60 bits per heavy atom. The Kier molecular flexibility index (Phi) is 14.1. The molecule has 0 radical (unpaired) electrons. The minimum absolute atomic E-state index is 0.0173. The fourth-order valence-corrected chi connectivity index (χ4v) is 10.8. The van der Waals surface area contributed by atoms with E-state index >= 15 is 0 Å². The van der Waals surface area contributed by atoms with E-state index in [-0.39, 0.29) is 49.1 Å². The Balaban J connectivity index is 1.13. The van der Waals surface area contributed by atoms with Crippen LogP contribution in [0.4, 0.5) is 4.79 Å². The van der Waals surface area contributed by atoms with Crippen molar-refractivity contribution < 1.29 is 33.4 Å². The number of aromatic nitrogens is 3. The first-order valence-corrected chi connectivity index (χ1v) is 24.5. The van der Waals surface area contributed by atoms with E-state index in [1.165, 1.54) is 21.2 Å².